The third kappa shape index (κ3) is 2.85. The van der Waals surface area contributed by atoms with E-state index < -0.39 is 0 Å². The van der Waals surface area contributed by atoms with Crippen LogP contribution < -0.4 is 5.32 Å². The van der Waals surface area contributed by atoms with Crippen molar-refractivity contribution in [3.05, 3.63) is 58.7 Å². The average molecular weight is 311 g/mol. The van der Waals surface area contributed by atoms with Gasteiger partial charge >= 0.3 is 0 Å². The van der Waals surface area contributed by atoms with E-state index in [-0.39, 0.29) is 5.91 Å². The Morgan fingerprint density at radius 2 is 2.27 bits per heavy atom. The van der Waals surface area contributed by atoms with Crippen LogP contribution in [-0.2, 0) is 4.79 Å². The standard InChI is InChI=1S/C17H17N3OS/c1-11-13-9-8-12(10-15(13)20-19-11)22-16-7-5-3-4-6-14(16)17(21)18-2/h3-4,6-10H,5H2,1-2H3,(H,18,21)(H,19,20). The minimum absolute atomic E-state index is 0.0676. The Labute approximate surface area is 133 Å². The highest BCUT2D eigenvalue weighted by atomic mass is 32.2. The lowest BCUT2D eigenvalue weighted by Gasteiger charge is -2.10. The number of rotatable bonds is 3. The second kappa shape index (κ2) is 6.23. The first kappa shape index (κ1) is 14.7. The summed E-state index contributed by atoms with van der Waals surface area (Å²) in [6, 6.07) is 6.18. The summed E-state index contributed by atoms with van der Waals surface area (Å²) in [6.07, 6.45) is 8.73. The van der Waals surface area contributed by atoms with Gasteiger partial charge in [0.2, 0.25) is 0 Å². The van der Waals surface area contributed by atoms with Gasteiger partial charge in [0, 0.05) is 27.9 Å². The second-order valence-electron chi connectivity index (χ2n) is 5.02. The lowest BCUT2D eigenvalue weighted by Crippen LogP contribution is -2.20. The number of benzene rings is 1. The van der Waals surface area contributed by atoms with E-state index >= 15 is 0 Å². The van der Waals surface area contributed by atoms with Crippen LogP contribution in [0, 0.1) is 6.92 Å². The van der Waals surface area contributed by atoms with Crippen LogP contribution in [-0.4, -0.2) is 23.2 Å². The number of hydrogen-bond donors (Lipinski definition) is 2. The number of H-pyrrole nitrogens is 1. The van der Waals surface area contributed by atoms with Crippen molar-refractivity contribution in [3.8, 4) is 0 Å². The number of thioether (sulfide) groups is 1. The molecule has 0 saturated carbocycles. The second-order valence-corrected chi connectivity index (χ2v) is 6.14. The molecule has 2 N–H and O–H groups in total. The molecule has 0 bridgehead atoms. The molecule has 1 aliphatic rings. The molecule has 5 heteroatoms. The van der Waals surface area contributed by atoms with Crippen molar-refractivity contribution < 1.29 is 4.79 Å². The van der Waals surface area contributed by atoms with Gasteiger partial charge in [-0.3, -0.25) is 9.89 Å². The van der Waals surface area contributed by atoms with Gasteiger partial charge in [-0.25, -0.2) is 0 Å². The molecule has 22 heavy (non-hydrogen) atoms. The molecule has 3 rings (SSSR count). The number of fused-ring (bicyclic) bond motifs is 1. The summed E-state index contributed by atoms with van der Waals surface area (Å²) in [4.78, 5) is 14.1. The normalized spacial score (nSPS) is 14.5. The van der Waals surface area contributed by atoms with Gasteiger partial charge in [-0.05, 0) is 37.6 Å². The molecule has 0 atom stereocenters. The summed E-state index contributed by atoms with van der Waals surface area (Å²) in [7, 11) is 1.65. The van der Waals surface area contributed by atoms with Gasteiger partial charge in [0.05, 0.1) is 11.1 Å². The topological polar surface area (TPSA) is 57.8 Å². The Bertz CT molecular complexity index is 814. The zero-order chi connectivity index (χ0) is 15.5. The highest BCUT2D eigenvalue weighted by Gasteiger charge is 2.15. The van der Waals surface area contributed by atoms with Gasteiger partial charge in [0.15, 0.2) is 0 Å². The number of nitrogens with one attached hydrogen (secondary N) is 2. The Kier molecular flexibility index (Phi) is 4.15. The molecule has 0 unspecified atom stereocenters. The van der Waals surface area contributed by atoms with Crippen molar-refractivity contribution in [3.63, 3.8) is 0 Å². The molecular weight excluding hydrogens is 294 g/mol. The molecule has 0 spiro atoms. The maximum Gasteiger partial charge on any atom is 0.252 e. The quantitative estimate of drug-likeness (QED) is 0.912. The van der Waals surface area contributed by atoms with Crippen molar-refractivity contribution in [2.24, 2.45) is 0 Å². The molecule has 0 radical (unpaired) electrons. The maximum atomic E-state index is 12.1. The summed E-state index contributed by atoms with van der Waals surface area (Å²) in [5.41, 5.74) is 2.70. The maximum absolute atomic E-state index is 12.1. The SMILES string of the molecule is CNC(=O)C1=CC=CCC=C1Sc1ccc2c(C)[nH]nc2c1. The van der Waals surface area contributed by atoms with E-state index in [0.29, 0.717) is 5.57 Å². The fraction of sp³-hybridized carbons (Fsp3) is 0.176. The smallest absolute Gasteiger partial charge is 0.252 e. The number of aromatic amines is 1. The van der Waals surface area contributed by atoms with Gasteiger partial charge in [-0.15, -0.1) is 0 Å². The number of hydrogen-bond acceptors (Lipinski definition) is 3. The number of aryl methyl sites for hydroxylation is 1. The van der Waals surface area contributed by atoms with Gasteiger partial charge in [-0.1, -0.05) is 30.0 Å². The van der Waals surface area contributed by atoms with Crippen LogP contribution in [0.5, 0.6) is 0 Å². The zero-order valence-corrected chi connectivity index (χ0v) is 13.3. The monoisotopic (exact) mass is 311 g/mol. The van der Waals surface area contributed by atoms with Crippen molar-refractivity contribution in [2.45, 2.75) is 18.2 Å². The predicted molar refractivity (Wildman–Crippen MR) is 90.7 cm³/mol. The van der Waals surface area contributed by atoms with Crippen LogP contribution in [0.4, 0.5) is 0 Å². The summed E-state index contributed by atoms with van der Waals surface area (Å²) in [5.74, 6) is -0.0676. The van der Waals surface area contributed by atoms with Crippen molar-refractivity contribution >= 4 is 28.6 Å². The van der Waals surface area contributed by atoms with Crippen LogP contribution in [0.25, 0.3) is 10.9 Å². The Balaban J connectivity index is 1.92. The Morgan fingerprint density at radius 1 is 1.41 bits per heavy atom. The molecule has 112 valence electrons. The summed E-state index contributed by atoms with van der Waals surface area (Å²) in [6.45, 7) is 2.01. The number of likely N-dealkylation sites (N-methyl/N-ethyl adjacent to an activating group) is 1. The molecule has 1 amide bonds. The minimum Gasteiger partial charge on any atom is -0.355 e. The fourth-order valence-corrected chi connectivity index (χ4v) is 3.36. The zero-order valence-electron chi connectivity index (χ0n) is 12.5. The number of allylic oxidation sites excluding steroid dienone is 4. The van der Waals surface area contributed by atoms with Crippen LogP contribution >= 0.6 is 11.8 Å². The van der Waals surface area contributed by atoms with Gasteiger partial charge < -0.3 is 5.32 Å². The van der Waals surface area contributed by atoms with E-state index in [0.717, 1.165) is 32.8 Å². The lowest BCUT2D eigenvalue weighted by atomic mass is 10.2. The number of carbonyl (C=O) groups is 1. The molecule has 0 aliphatic heterocycles. The number of carbonyl (C=O) groups excluding carboxylic acids is 1. The summed E-state index contributed by atoms with van der Waals surface area (Å²) in [5, 5.41) is 11.1. The highest BCUT2D eigenvalue weighted by Crippen LogP contribution is 2.34. The van der Waals surface area contributed by atoms with Gasteiger partial charge in [-0.2, -0.15) is 5.10 Å². The molecule has 2 aromatic rings. The molecule has 1 aromatic carbocycles. The molecule has 4 nitrogen and oxygen atoms in total. The van der Waals surface area contributed by atoms with Crippen molar-refractivity contribution in [2.75, 3.05) is 7.05 Å². The molecular formula is C17H17N3OS. The number of nitrogens with zero attached hydrogens (tertiary/aromatic N) is 1. The lowest BCUT2D eigenvalue weighted by molar-refractivity contribution is -0.116. The van der Waals surface area contributed by atoms with Gasteiger partial charge in [0.1, 0.15) is 0 Å². The van der Waals surface area contributed by atoms with Crippen molar-refractivity contribution in [1.82, 2.24) is 15.5 Å². The number of aromatic nitrogens is 2. The van der Waals surface area contributed by atoms with Crippen LogP contribution in [0.1, 0.15) is 12.1 Å². The molecule has 0 saturated heterocycles. The fourth-order valence-electron chi connectivity index (χ4n) is 2.34. The minimum atomic E-state index is -0.0676. The molecule has 0 fully saturated rings. The number of amides is 1. The first-order valence-corrected chi connectivity index (χ1v) is 7.92. The average Bonchev–Trinajstić information content (AvgIpc) is 2.75. The third-order valence-electron chi connectivity index (χ3n) is 3.52. The molecule has 1 aromatic heterocycles. The molecule has 1 heterocycles. The predicted octanol–water partition coefficient (Wildman–Crippen LogP) is 3.48. The van der Waals surface area contributed by atoms with E-state index in [1.807, 2.05) is 31.2 Å². The van der Waals surface area contributed by atoms with Gasteiger partial charge in [0.25, 0.3) is 5.91 Å². The Morgan fingerprint density at radius 3 is 3.09 bits per heavy atom. The van der Waals surface area contributed by atoms with E-state index in [1.54, 1.807) is 18.8 Å². The van der Waals surface area contributed by atoms with E-state index in [2.05, 4.69) is 33.7 Å². The van der Waals surface area contributed by atoms with E-state index in [1.165, 1.54) is 0 Å². The largest absolute Gasteiger partial charge is 0.355 e. The summed E-state index contributed by atoms with van der Waals surface area (Å²) < 4.78 is 0. The van der Waals surface area contributed by atoms with Crippen LogP contribution in [0.2, 0.25) is 0 Å². The summed E-state index contributed by atoms with van der Waals surface area (Å²) >= 11 is 1.59. The van der Waals surface area contributed by atoms with Crippen LogP contribution in [0.3, 0.4) is 0 Å². The van der Waals surface area contributed by atoms with Crippen LogP contribution in [0.15, 0.2) is 57.9 Å². The Hall–Kier alpha value is -2.27. The third-order valence-corrected chi connectivity index (χ3v) is 4.62. The highest BCUT2D eigenvalue weighted by molar-refractivity contribution is 8.03. The first-order valence-electron chi connectivity index (χ1n) is 7.11. The van der Waals surface area contributed by atoms with E-state index in [9.17, 15) is 4.79 Å². The van der Waals surface area contributed by atoms with Crippen molar-refractivity contribution in [1.29, 1.82) is 0 Å². The van der Waals surface area contributed by atoms with E-state index in [4.69, 9.17) is 0 Å². The first-order chi connectivity index (χ1) is 10.7. The molecule has 1 aliphatic carbocycles.